The van der Waals surface area contributed by atoms with E-state index < -0.39 is 0 Å². The lowest BCUT2D eigenvalue weighted by Crippen LogP contribution is -2.51. The molecule has 14 heavy (non-hydrogen) atoms. The highest BCUT2D eigenvalue weighted by Gasteiger charge is 2.26. The molecule has 0 saturated carbocycles. The highest BCUT2D eigenvalue weighted by Crippen LogP contribution is 2.22. The van der Waals surface area contributed by atoms with E-state index in [0.717, 1.165) is 17.6 Å². The van der Waals surface area contributed by atoms with E-state index in [1.54, 1.807) is 0 Å². The average molecular weight is 214 g/mol. The molecule has 1 aliphatic rings. The average Bonchev–Trinajstić information content (AvgIpc) is 2.08. The van der Waals surface area contributed by atoms with Gasteiger partial charge in [0.25, 0.3) is 0 Å². The maximum absolute atomic E-state index is 5.40. The summed E-state index contributed by atoms with van der Waals surface area (Å²) in [5.74, 6) is 0.760. The summed E-state index contributed by atoms with van der Waals surface area (Å²) < 4.78 is 0. The molecule has 0 spiro atoms. The van der Waals surface area contributed by atoms with Crippen molar-refractivity contribution in [1.82, 2.24) is 10.2 Å². The zero-order valence-electron chi connectivity index (χ0n) is 9.71. The van der Waals surface area contributed by atoms with Crippen LogP contribution in [0.15, 0.2) is 0 Å². The van der Waals surface area contributed by atoms with Crippen molar-refractivity contribution in [3.63, 3.8) is 0 Å². The van der Waals surface area contributed by atoms with Crippen molar-refractivity contribution in [2.24, 2.45) is 5.92 Å². The van der Waals surface area contributed by atoms with Crippen molar-refractivity contribution >= 4 is 17.3 Å². The molecule has 0 radical (unpaired) electrons. The Kier molecular flexibility index (Phi) is 4.17. The normalized spacial score (nSPS) is 27.9. The quantitative estimate of drug-likeness (QED) is 0.675. The number of piperidine rings is 1. The first-order valence-corrected chi connectivity index (χ1v) is 6.00. The van der Waals surface area contributed by atoms with Crippen LogP contribution in [-0.4, -0.2) is 28.6 Å². The summed E-state index contributed by atoms with van der Waals surface area (Å²) in [5.41, 5.74) is 0. The Hall–Kier alpha value is -0.310. The SMILES string of the molecule is CC(C)NC(=S)N1CCCC(C)C1C. The molecular formula is C11H22N2S. The third-order valence-electron chi connectivity index (χ3n) is 3.05. The fraction of sp³-hybridized carbons (Fsp3) is 0.909. The van der Waals surface area contributed by atoms with Crippen molar-refractivity contribution < 1.29 is 0 Å². The van der Waals surface area contributed by atoms with Crippen molar-refractivity contribution in [3.05, 3.63) is 0 Å². The molecule has 0 aromatic heterocycles. The Morgan fingerprint density at radius 3 is 2.64 bits per heavy atom. The van der Waals surface area contributed by atoms with E-state index in [-0.39, 0.29) is 0 Å². The van der Waals surface area contributed by atoms with Crippen LogP contribution in [0.2, 0.25) is 0 Å². The Balaban J connectivity index is 2.53. The second kappa shape index (κ2) is 4.96. The molecule has 2 unspecified atom stereocenters. The number of thiocarbonyl (C=S) groups is 1. The van der Waals surface area contributed by atoms with E-state index in [2.05, 4.69) is 37.9 Å². The number of hydrogen-bond acceptors (Lipinski definition) is 1. The van der Waals surface area contributed by atoms with E-state index in [9.17, 15) is 0 Å². The van der Waals surface area contributed by atoms with E-state index in [1.165, 1.54) is 12.8 Å². The molecule has 1 saturated heterocycles. The van der Waals surface area contributed by atoms with Crippen LogP contribution in [0.1, 0.15) is 40.5 Å². The lowest BCUT2D eigenvalue weighted by molar-refractivity contribution is 0.189. The molecule has 1 N–H and O–H groups in total. The second-order valence-corrected chi connectivity index (χ2v) is 5.04. The van der Waals surface area contributed by atoms with Crippen molar-refractivity contribution in [3.8, 4) is 0 Å². The van der Waals surface area contributed by atoms with Crippen LogP contribution < -0.4 is 5.32 Å². The van der Waals surface area contributed by atoms with Crippen LogP contribution in [-0.2, 0) is 0 Å². The predicted molar refractivity (Wildman–Crippen MR) is 65.4 cm³/mol. The third kappa shape index (κ3) is 2.84. The van der Waals surface area contributed by atoms with Crippen molar-refractivity contribution in [2.75, 3.05) is 6.54 Å². The minimum atomic E-state index is 0.437. The van der Waals surface area contributed by atoms with Crippen LogP contribution in [0, 0.1) is 5.92 Å². The molecular weight excluding hydrogens is 192 g/mol. The Labute approximate surface area is 93.1 Å². The minimum Gasteiger partial charge on any atom is -0.360 e. The van der Waals surface area contributed by atoms with Gasteiger partial charge >= 0.3 is 0 Å². The van der Waals surface area contributed by atoms with Gasteiger partial charge in [-0.05, 0) is 51.7 Å². The fourth-order valence-electron chi connectivity index (χ4n) is 1.95. The summed E-state index contributed by atoms with van der Waals surface area (Å²) >= 11 is 5.40. The number of likely N-dealkylation sites (tertiary alicyclic amines) is 1. The standard InChI is InChI=1S/C11H22N2S/c1-8(2)12-11(14)13-7-5-6-9(3)10(13)4/h8-10H,5-7H2,1-4H3,(H,12,14). The highest BCUT2D eigenvalue weighted by atomic mass is 32.1. The van der Waals surface area contributed by atoms with E-state index in [4.69, 9.17) is 12.2 Å². The molecule has 2 atom stereocenters. The van der Waals surface area contributed by atoms with Gasteiger partial charge in [0.2, 0.25) is 0 Å². The van der Waals surface area contributed by atoms with Crippen LogP contribution in [0.5, 0.6) is 0 Å². The molecule has 0 aliphatic carbocycles. The summed E-state index contributed by atoms with van der Waals surface area (Å²) in [6.07, 6.45) is 2.60. The zero-order valence-corrected chi connectivity index (χ0v) is 10.5. The number of rotatable bonds is 1. The second-order valence-electron chi connectivity index (χ2n) is 4.66. The Morgan fingerprint density at radius 1 is 1.43 bits per heavy atom. The summed E-state index contributed by atoms with van der Waals surface area (Å²) in [7, 11) is 0. The molecule has 1 aliphatic heterocycles. The van der Waals surface area contributed by atoms with Crippen LogP contribution in [0.25, 0.3) is 0 Å². The smallest absolute Gasteiger partial charge is 0.169 e. The molecule has 82 valence electrons. The zero-order chi connectivity index (χ0) is 10.7. The van der Waals surface area contributed by atoms with Gasteiger partial charge < -0.3 is 10.2 Å². The monoisotopic (exact) mass is 214 g/mol. The first kappa shape index (κ1) is 11.8. The van der Waals surface area contributed by atoms with E-state index >= 15 is 0 Å². The maximum atomic E-state index is 5.40. The van der Waals surface area contributed by atoms with Gasteiger partial charge in [-0.2, -0.15) is 0 Å². The van der Waals surface area contributed by atoms with Gasteiger partial charge in [-0.3, -0.25) is 0 Å². The molecule has 2 nitrogen and oxygen atoms in total. The van der Waals surface area contributed by atoms with Crippen LogP contribution in [0.3, 0.4) is 0 Å². The number of nitrogens with zero attached hydrogens (tertiary/aromatic N) is 1. The molecule has 0 bridgehead atoms. The number of nitrogens with one attached hydrogen (secondary N) is 1. The van der Waals surface area contributed by atoms with Gasteiger partial charge in [0.1, 0.15) is 0 Å². The van der Waals surface area contributed by atoms with Gasteiger partial charge in [-0.25, -0.2) is 0 Å². The minimum absolute atomic E-state index is 0.437. The largest absolute Gasteiger partial charge is 0.360 e. The summed E-state index contributed by atoms with van der Waals surface area (Å²) in [6, 6.07) is 1.02. The maximum Gasteiger partial charge on any atom is 0.169 e. The van der Waals surface area contributed by atoms with Gasteiger partial charge in [0, 0.05) is 18.6 Å². The first-order valence-electron chi connectivity index (χ1n) is 5.59. The van der Waals surface area contributed by atoms with Crippen LogP contribution in [0.4, 0.5) is 0 Å². The summed E-state index contributed by atoms with van der Waals surface area (Å²) in [5, 5.41) is 4.25. The lowest BCUT2D eigenvalue weighted by Gasteiger charge is -2.40. The topological polar surface area (TPSA) is 15.3 Å². The van der Waals surface area contributed by atoms with Gasteiger partial charge in [0.15, 0.2) is 5.11 Å². The van der Waals surface area contributed by atoms with E-state index in [1.807, 2.05) is 0 Å². The molecule has 1 fully saturated rings. The Bertz CT molecular complexity index is 203. The van der Waals surface area contributed by atoms with Gasteiger partial charge in [-0.1, -0.05) is 6.92 Å². The molecule has 0 aromatic carbocycles. The first-order chi connectivity index (χ1) is 6.52. The molecule has 0 aromatic rings. The summed E-state index contributed by atoms with van der Waals surface area (Å²) in [6.45, 7) is 9.96. The fourth-order valence-corrected chi connectivity index (χ4v) is 2.45. The molecule has 3 heteroatoms. The van der Waals surface area contributed by atoms with Crippen molar-refractivity contribution in [2.45, 2.75) is 52.6 Å². The van der Waals surface area contributed by atoms with Crippen LogP contribution >= 0.6 is 12.2 Å². The van der Waals surface area contributed by atoms with Gasteiger partial charge in [-0.15, -0.1) is 0 Å². The van der Waals surface area contributed by atoms with E-state index in [0.29, 0.717) is 12.1 Å². The third-order valence-corrected chi connectivity index (χ3v) is 3.40. The molecule has 0 amide bonds. The lowest BCUT2D eigenvalue weighted by atomic mass is 9.92. The van der Waals surface area contributed by atoms with Crippen molar-refractivity contribution in [1.29, 1.82) is 0 Å². The molecule has 1 heterocycles. The highest BCUT2D eigenvalue weighted by molar-refractivity contribution is 7.80. The number of hydrogen-bond donors (Lipinski definition) is 1. The Morgan fingerprint density at radius 2 is 2.07 bits per heavy atom. The molecule has 1 rings (SSSR count). The predicted octanol–water partition coefficient (Wildman–Crippen LogP) is 2.39. The van der Waals surface area contributed by atoms with Gasteiger partial charge in [0.05, 0.1) is 0 Å². The summed E-state index contributed by atoms with van der Waals surface area (Å²) in [4.78, 5) is 2.34.